The van der Waals surface area contributed by atoms with E-state index in [0.717, 1.165) is 32.4 Å². The molecule has 0 spiro atoms. The summed E-state index contributed by atoms with van der Waals surface area (Å²) >= 11 is 0. The molecule has 0 aliphatic carbocycles. The van der Waals surface area contributed by atoms with Crippen LogP contribution in [0.25, 0.3) is 0 Å². The van der Waals surface area contributed by atoms with Crippen molar-refractivity contribution in [1.82, 2.24) is 9.21 Å². The molecule has 0 radical (unpaired) electrons. The van der Waals surface area contributed by atoms with Gasteiger partial charge in [-0.25, -0.2) is 8.42 Å². The van der Waals surface area contributed by atoms with E-state index >= 15 is 0 Å². The van der Waals surface area contributed by atoms with Gasteiger partial charge in [-0.3, -0.25) is 9.59 Å². The van der Waals surface area contributed by atoms with Crippen molar-refractivity contribution in [3.05, 3.63) is 17.7 Å². The van der Waals surface area contributed by atoms with Crippen molar-refractivity contribution < 1.29 is 22.7 Å². The number of nitrogens with one attached hydrogen (secondary N) is 1. The molecule has 158 valence electrons. The Labute approximate surface area is 171 Å². The van der Waals surface area contributed by atoms with E-state index in [-0.39, 0.29) is 29.2 Å². The first-order valence-corrected chi connectivity index (χ1v) is 11.6. The smallest absolute Gasteiger partial charge is 0.265 e. The molecule has 3 heterocycles. The molecule has 0 bridgehead atoms. The molecule has 1 aromatic rings. The summed E-state index contributed by atoms with van der Waals surface area (Å²) in [5, 5.41) is 2.74. The molecule has 8 nitrogen and oxygen atoms in total. The number of ether oxygens (including phenoxy) is 1. The topological polar surface area (TPSA) is 96.0 Å². The lowest BCUT2D eigenvalue weighted by Gasteiger charge is -2.33. The van der Waals surface area contributed by atoms with Crippen LogP contribution in [0.15, 0.2) is 17.0 Å². The molecule has 0 saturated carbocycles. The van der Waals surface area contributed by atoms with Crippen LogP contribution >= 0.6 is 0 Å². The zero-order chi connectivity index (χ0) is 20.8. The van der Waals surface area contributed by atoms with Gasteiger partial charge in [0.25, 0.3) is 5.91 Å². The van der Waals surface area contributed by atoms with Gasteiger partial charge >= 0.3 is 0 Å². The first-order valence-electron chi connectivity index (χ1n) is 10.2. The lowest BCUT2D eigenvalue weighted by atomic mass is 9.98. The number of carbonyl (C=O) groups excluding carboxylic acids is 2. The molecule has 0 unspecified atom stereocenters. The minimum Gasteiger partial charge on any atom is -0.479 e. The first-order chi connectivity index (χ1) is 13.8. The number of hydrogen-bond acceptors (Lipinski definition) is 5. The molecule has 2 saturated heterocycles. The van der Waals surface area contributed by atoms with Crippen LogP contribution in [0.1, 0.15) is 38.2 Å². The number of aryl methyl sites for hydroxylation is 1. The lowest BCUT2D eigenvalue weighted by Crippen LogP contribution is -2.46. The monoisotopic (exact) mass is 421 g/mol. The molecular weight excluding hydrogens is 394 g/mol. The Morgan fingerprint density at radius 2 is 1.90 bits per heavy atom. The van der Waals surface area contributed by atoms with Gasteiger partial charge in [0.05, 0.1) is 16.5 Å². The number of likely N-dealkylation sites (tertiary alicyclic amines) is 1. The van der Waals surface area contributed by atoms with Gasteiger partial charge in [-0.15, -0.1) is 0 Å². The number of nitrogens with zero attached hydrogens (tertiary/aromatic N) is 2. The summed E-state index contributed by atoms with van der Waals surface area (Å²) in [7, 11) is -3.78. The third-order valence-electron chi connectivity index (χ3n) is 5.98. The molecule has 2 amide bonds. The fourth-order valence-electron chi connectivity index (χ4n) is 4.32. The Morgan fingerprint density at radius 3 is 2.62 bits per heavy atom. The van der Waals surface area contributed by atoms with Crippen molar-refractivity contribution in [2.24, 2.45) is 5.92 Å². The summed E-state index contributed by atoms with van der Waals surface area (Å²) in [6, 6.07) is 3.12. The standard InChI is InChI=1S/C20H27N3O5S/c1-13-10-16-17(28-14(2)19(24)21-16)11-18(13)29(26,27)23-9-5-6-15(12-23)20(25)22-7-3-4-8-22/h10-11,14-15H,3-9,12H2,1-2H3,(H,21,24)/t14-,15+/m1/s1. The molecule has 2 fully saturated rings. The summed E-state index contributed by atoms with van der Waals surface area (Å²) in [6.45, 7) is 5.47. The molecule has 0 aromatic heterocycles. The Bertz CT molecular complexity index is 940. The van der Waals surface area contributed by atoms with Crippen molar-refractivity contribution in [2.45, 2.75) is 50.5 Å². The first kappa shape index (κ1) is 20.2. The predicted molar refractivity (Wildman–Crippen MR) is 107 cm³/mol. The molecule has 2 atom stereocenters. The SMILES string of the molecule is Cc1cc2c(cc1S(=O)(=O)N1CCC[C@H](C(=O)N3CCCC3)C1)O[C@H](C)C(=O)N2. The highest BCUT2D eigenvalue weighted by molar-refractivity contribution is 7.89. The van der Waals surface area contributed by atoms with Crippen LogP contribution in [0.2, 0.25) is 0 Å². The third-order valence-corrected chi connectivity index (χ3v) is 7.98. The number of piperidine rings is 1. The highest BCUT2D eigenvalue weighted by Crippen LogP contribution is 2.36. The van der Waals surface area contributed by atoms with Crippen LogP contribution in [-0.2, 0) is 19.6 Å². The van der Waals surface area contributed by atoms with Crippen LogP contribution in [0.4, 0.5) is 5.69 Å². The molecule has 3 aliphatic rings. The van der Waals surface area contributed by atoms with Crippen molar-refractivity contribution in [1.29, 1.82) is 0 Å². The maximum absolute atomic E-state index is 13.4. The Balaban J connectivity index is 1.58. The van der Waals surface area contributed by atoms with Gasteiger partial charge in [0.15, 0.2) is 6.10 Å². The summed E-state index contributed by atoms with van der Waals surface area (Å²) in [5.74, 6) is -0.121. The lowest BCUT2D eigenvalue weighted by molar-refractivity contribution is -0.135. The second-order valence-corrected chi connectivity index (χ2v) is 10.0. The van der Waals surface area contributed by atoms with Gasteiger partial charge in [-0.2, -0.15) is 4.31 Å². The van der Waals surface area contributed by atoms with Crippen molar-refractivity contribution in [3.63, 3.8) is 0 Å². The molecule has 9 heteroatoms. The maximum Gasteiger partial charge on any atom is 0.265 e. The molecule has 1 aromatic carbocycles. The number of amides is 2. The van der Waals surface area contributed by atoms with E-state index in [1.807, 2.05) is 4.90 Å². The van der Waals surface area contributed by atoms with Crippen molar-refractivity contribution >= 4 is 27.5 Å². The fraction of sp³-hybridized carbons (Fsp3) is 0.600. The van der Waals surface area contributed by atoms with Gasteiger partial charge in [-0.1, -0.05) is 0 Å². The quantitative estimate of drug-likeness (QED) is 0.802. The minimum atomic E-state index is -3.78. The Morgan fingerprint density at radius 1 is 1.17 bits per heavy atom. The van der Waals surface area contributed by atoms with Gasteiger partial charge in [0.2, 0.25) is 15.9 Å². The number of sulfonamides is 1. The predicted octanol–water partition coefficient (Wildman–Crippen LogP) is 1.74. The van der Waals surface area contributed by atoms with E-state index in [9.17, 15) is 18.0 Å². The van der Waals surface area contributed by atoms with E-state index in [1.54, 1.807) is 19.9 Å². The number of fused-ring (bicyclic) bond motifs is 1. The van der Waals surface area contributed by atoms with Crippen LogP contribution in [-0.4, -0.2) is 61.7 Å². The Hall–Kier alpha value is -2.13. The van der Waals surface area contributed by atoms with Crippen LogP contribution in [0.3, 0.4) is 0 Å². The van der Waals surface area contributed by atoms with Gasteiger partial charge in [0.1, 0.15) is 5.75 Å². The summed E-state index contributed by atoms with van der Waals surface area (Å²) in [4.78, 5) is 26.6. The summed E-state index contributed by atoms with van der Waals surface area (Å²) in [6.07, 6.45) is 2.74. The van der Waals surface area contributed by atoms with E-state index < -0.39 is 16.1 Å². The number of carbonyl (C=O) groups is 2. The molecule has 1 N–H and O–H groups in total. The second kappa shape index (κ2) is 7.60. The van der Waals surface area contributed by atoms with Gasteiger partial charge in [0, 0.05) is 32.2 Å². The maximum atomic E-state index is 13.4. The van der Waals surface area contributed by atoms with Crippen LogP contribution < -0.4 is 10.1 Å². The normalized spacial score (nSPS) is 25.3. The second-order valence-electron chi connectivity index (χ2n) is 8.10. The van der Waals surface area contributed by atoms with Crippen LogP contribution in [0, 0.1) is 12.8 Å². The van der Waals surface area contributed by atoms with E-state index in [4.69, 9.17) is 4.74 Å². The average molecular weight is 422 g/mol. The molecular formula is C20H27N3O5S. The number of anilines is 1. The summed E-state index contributed by atoms with van der Waals surface area (Å²) in [5.41, 5.74) is 1.01. The number of benzene rings is 1. The number of rotatable bonds is 3. The third kappa shape index (κ3) is 3.73. The fourth-order valence-corrected chi connectivity index (χ4v) is 6.06. The van der Waals surface area contributed by atoms with Gasteiger partial charge in [-0.05, 0) is 51.2 Å². The zero-order valence-corrected chi connectivity index (χ0v) is 17.6. The molecule has 4 rings (SSSR count). The summed E-state index contributed by atoms with van der Waals surface area (Å²) < 4.78 is 33.8. The van der Waals surface area contributed by atoms with Crippen molar-refractivity contribution in [3.8, 4) is 5.75 Å². The largest absolute Gasteiger partial charge is 0.479 e. The molecule has 3 aliphatic heterocycles. The van der Waals surface area contributed by atoms with E-state index in [2.05, 4.69) is 5.32 Å². The average Bonchev–Trinajstić information content (AvgIpc) is 3.23. The van der Waals surface area contributed by atoms with E-state index in [0.29, 0.717) is 30.0 Å². The highest BCUT2D eigenvalue weighted by Gasteiger charge is 2.37. The van der Waals surface area contributed by atoms with Gasteiger partial charge < -0.3 is 15.0 Å². The molecule has 29 heavy (non-hydrogen) atoms. The minimum absolute atomic E-state index is 0.0735. The Kier molecular flexibility index (Phi) is 5.29. The zero-order valence-electron chi connectivity index (χ0n) is 16.8. The van der Waals surface area contributed by atoms with E-state index in [1.165, 1.54) is 10.4 Å². The highest BCUT2D eigenvalue weighted by atomic mass is 32.2. The number of hydrogen-bond donors (Lipinski definition) is 1. The van der Waals surface area contributed by atoms with Crippen molar-refractivity contribution in [2.75, 3.05) is 31.5 Å². The van der Waals surface area contributed by atoms with Crippen LogP contribution in [0.5, 0.6) is 5.75 Å².